The summed E-state index contributed by atoms with van der Waals surface area (Å²) in [5.41, 5.74) is 13.7. The predicted molar refractivity (Wildman–Crippen MR) is 57.0 cm³/mol. The van der Waals surface area contributed by atoms with Gasteiger partial charge in [-0.15, -0.1) is 0 Å². The molecule has 0 aliphatic heterocycles. The Hall–Kier alpha value is -1.96. The molecular weight excluding hydrogens is 216 g/mol. The van der Waals surface area contributed by atoms with Crippen molar-refractivity contribution in [3.63, 3.8) is 0 Å². The van der Waals surface area contributed by atoms with Gasteiger partial charge in [0.05, 0.1) is 6.20 Å². The molecule has 2 N–H and O–H groups in total. The SMILES string of the molecule is [N-]=[N+]=NCCC#Cc1ncc(N)nc1Cl. The normalized spacial score (nSPS) is 8.60. The summed E-state index contributed by atoms with van der Waals surface area (Å²) in [5, 5.41) is 3.50. The molecule has 0 aliphatic carbocycles. The largest absolute Gasteiger partial charge is 0.382 e. The van der Waals surface area contributed by atoms with E-state index < -0.39 is 0 Å². The summed E-state index contributed by atoms with van der Waals surface area (Å²) in [5.74, 6) is 5.71. The second-order valence-corrected chi connectivity index (χ2v) is 2.80. The first-order valence-corrected chi connectivity index (χ1v) is 4.39. The lowest BCUT2D eigenvalue weighted by Crippen LogP contribution is -1.94. The van der Waals surface area contributed by atoms with E-state index in [1.165, 1.54) is 6.20 Å². The van der Waals surface area contributed by atoms with Crippen molar-refractivity contribution in [2.45, 2.75) is 6.42 Å². The molecule has 0 amide bonds. The van der Waals surface area contributed by atoms with E-state index in [0.29, 0.717) is 18.7 Å². The molecule has 1 rings (SSSR count). The molecule has 6 nitrogen and oxygen atoms in total. The highest BCUT2D eigenvalue weighted by Crippen LogP contribution is 2.09. The lowest BCUT2D eigenvalue weighted by atomic mass is 10.4. The Morgan fingerprint density at radius 2 is 2.47 bits per heavy atom. The first-order chi connectivity index (χ1) is 7.24. The van der Waals surface area contributed by atoms with Gasteiger partial charge in [0.1, 0.15) is 5.82 Å². The van der Waals surface area contributed by atoms with Crippen LogP contribution in [0.15, 0.2) is 11.3 Å². The first kappa shape index (κ1) is 11.1. The Kier molecular flexibility index (Phi) is 4.23. The van der Waals surface area contributed by atoms with Crippen molar-refractivity contribution in [2.75, 3.05) is 12.3 Å². The number of nitrogen functional groups attached to an aromatic ring is 1. The van der Waals surface area contributed by atoms with Crippen molar-refractivity contribution in [1.82, 2.24) is 9.97 Å². The van der Waals surface area contributed by atoms with Gasteiger partial charge in [0, 0.05) is 17.9 Å². The van der Waals surface area contributed by atoms with E-state index in [4.69, 9.17) is 22.9 Å². The van der Waals surface area contributed by atoms with Crippen LogP contribution in [0.5, 0.6) is 0 Å². The minimum absolute atomic E-state index is 0.172. The molecule has 76 valence electrons. The van der Waals surface area contributed by atoms with Crippen LogP contribution in [-0.2, 0) is 0 Å². The van der Waals surface area contributed by atoms with Gasteiger partial charge >= 0.3 is 0 Å². The van der Waals surface area contributed by atoms with Crippen LogP contribution in [0.4, 0.5) is 5.82 Å². The maximum atomic E-state index is 8.01. The van der Waals surface area contributed by atoms with E-state index in [1.54, 1.807) is 0 Å². The van der Waals surface area contributed by atoms with Gasteiger partial charge in [-0.1, -0.05) is 22.6 Å². The van der Waals surface area contributed by atoms with Gasteiger partial charge in [0.2, 0.25) is 0 Å². The number of hydrogen-bond acceptors (Lipinski definition) is 4. The van der Waals surface area contributed by atoms with Crippen molar-refractivity contribution >= 4 is 17.4 Å². The molecule has 0 radical (unpaired) electrons. The zero-order chi connectivity index (χ0) is 11.1. The summed E-state index contributed by atoms with van der Waals surface area (Å²) in [6.07, 6.45) is 1.83. The Morgan fingerprint density at radius 1 is 1.67 bits per heavy atom. The van der Waals surface area contributed by atoms with E-state index in [1.807, 2.05) is 0 Å². The van der Waals surface area contributed by atoms with Crippen LogP contribution in [0.2, 0.25) is 5.15 Å². The molecular formula is C8H7ClN6. The molecule has 0 atom stereocenters. The van der Waals surface area contributed by atoms with Gasteiger partial charge in [0.25, 0.3) is 0 Å². The maximum Gasteiger partial charge on any atom is 0.165 e. The fourth-order valence-corrected chi connectivity index (χ4v) is 0.953. The standard InChI is InChI=1S/C8H7ClN6/c9-8-6(12-5-7(10)14-8)3-1-2-4-13-15-11/h5H,2,4H2,(H2,10,14). The number of azide groups is 1. The molecule has 15 heavy (non-hydrogen) atoms. The average molecular weight is 223 g/mol. The summed E-state index contributed by atoms with van der Waals surface area (Å²) < 4.78 is 0. The quantitative estimate of drug-likeness (QED) is 0.271. The molecule has 0 bridgehead atoms. The van der Waals surface area contributed by atoms with Crippen LogP contribution < -0.4 is 5.73 Å². The van der Waals surface area contributed by atoms with Gasteiger partial charge in [0.15, 0.2) is 10.8 Å². The number of halogens is 1. The van der Waals surface area contributed by atoms with Gasteiger partial charge in [-0.05, 0) is 11.5 Å². The molecule has 0 aromatic carbocycles. The number of nitrogens with zero attached hydrogens (tertiary/aromatic N) is 5. The van der Waals surface area contributed by atoms with Gasteiger partial charge in [-0.25, -0.2) is 9.97 Å². The van der Waals surface area contributed by atoms with Crippen LogP contribution in [0.3, 0.4) is 0 Å². The minimum atomic E-state index is 0.172. The van der Waals surface area contributed by atoms with Gasteiger partial charge < -0.3 is 5.73 Å². The van der Waals surface area contributed by atoms with Crippen molar-refractivity contribution in [1.29, 1.82) is 0 Å². The Balaban J connectivity index is 2.67. The molecule has 1 aromatic heterocycles. The highest BCUT2D eigenvalue weighted by molar-refractivity contribution is 6.30. The zero-order valence-electron chi connectivity index (χ0n) is 7.68. The van der Waals surface area contributed by atoms with Crippen molar-refractivity contribution in [3.05, 3.63) is 27.5 Å². The number of rotatable bonds is 2. The second-order valence-electron chi connectivity index (χ2n) is 2.44. The topological polar surface area (TPSA) is 101 Å². The zero-order valence-corrected chi connectivity index (χ0v) is 8.44. The first-order valence-electron chi connectivity index (χ1n) is 4.02. The Morgan fingerprint density at radius 3 is 3.13 bits per heavy atom. The van der Waals surface area contributed by atoms with Gasteiger partial charge in [-0.3, -0.25) is 0 Å². The highest BCUT2D eigenvalue weighted by Gasteiger charge is 1.99. The van der Waals surface area contributed by atoms with Crippen molar-refractivity contribution in [2.24, 2.45) is 5.11 Å². The van der Waals surface area contributed by atoms with Crippen LogP contribution in [-0.4, -0.2) is 16.5 Å². The third kappa shape index (κ3) is 3.73. The molecule has 0 unspecified atom stereocenters. The summed E-state index contributed by atoms with van der Waals surface area (Å²) in [6.45, 7) is 0.323. The average Bonchev–Trinajstić information content (AvgIpc) is 2.20. The number of hydrogen-bond donors (Lipinski definition) is 1. The van der Waals surface area contributed by atoms with Crippen LogP contribution >= 0.6 is 11.6 Å². The number of aromatic nitrogens is 2. The Labute approximate surface area is 91.1 Å². The minimum Gasteiger partial charge on any atom is -0.382 e. The van der Waals surface area contributed by atoms with E-state index in [0.717, 1.165) is 0 Å². The second kappa shape index (κ2) is 5.70. The van der Waals surface area contributed by atoms with Crippen molar-refractivity contribution < 1.29 is 0 Å². The van der Waals surface area contributed by atoms with E-state index in [9.17, 15) is 0 Å². The maximum absolute atomic E-state index is 8.01. The smallest absolute Gasteiger partial charge is 0.165 e. The molecule has 0 saturated carbocycles. The highest BCUT2D eigenvalue weighted by atomic mass is 35.5. The van der Waals surface area contributed by atoms with Crippen LogP contribution in [0.1, 0.15) is 12.1 Å². The fourth-order valence-electron chi connectivity index (χ4n) is 0.760. The number of anilines is 1. The molecule has 0 spiro atoms. The molecule has 0 aliphatic rings. The lowest BCUT2D eigenvalue weighted by Gasteiger charge is -1.94. The fraction of sp³-hybridized carbons (Fsp3) is 0.250. The summed E-state index contributed by atoms with van der Waals surface area (Å²) >= 11 is 5.73. The molecule has 0 saturated heterocycles. The summed E-state index contributed by atoms with van der Waals surface area (Å²) in [7, 11) is 0. The predicted octanol–water partition coefficient (Wildman–Crippen LogP) is 1.76. The third-order valence-corrected chi connectivity index (χ3v) is 1.62. The van der Waals surface area contributed by atoms with E-state index in [2.05, 4.69) is 31.8 Å². The monoisotopic (exact) mass is 222 g/mol. The van der Waals surface area contributed by atoms with Crippen molar-refractivity contribution in [3.8, 4) is 11.8 Å². The third-order valence-electron chi connectivity index (χ3n) is 1.36. The van der Waals surface area contributed by atoms with E-state index in [-0.39, 0.29) is 11.0 Å². The van der Waals surface area contributed by atoms with Gasteiger partial charge in [-0.2, -0.15) is 0 Å². The molecule has 7 heteroatoms. The summed E-state index contributed by atoms with van der Waals surface area (Å²) in [6, 6.07) is 0. The lowest BCUT2D eigenvalue weighted by molar-refractivity contribution is 1.01. The van der Waals surface area contributed by atoms with E-state index >= 15 is 0 Å². The molecule has 1 heterocycles. The van der Waals surface area contributed by atoms with Crippen LogP contribution in [0.25, 0.3) is 10.4 Å². The van der Waals surface area contributed by atoms with Crippen LogP contribution in [0, 0.1) is 11.8 Å². The molecule has 1 aromatic rings. The Bertz CT molecular complexity index is 454. The summed E-state index contributed by atoms with van der Waals surface area (Å²) in [4.78, 5) is 10.3. The molecule has 0 fully saturated rings. The number of nitrogens with two attached hydrogens (primary N) is 1.